The molecule has 0 radical (unpaired) electrons. The van der Waals surface area contributed by atoms with Gasteiger partial charge < -0.3 is 24.6 Å². The summed E-state index contributed by atoms with van der Waals surface area (Å²) in [5, 5.41) is 10.2. The number of H-pyrrole nitrogens is 1. The number of β-amino-alcohol motifs (C(OH)–C–C–N with tert-alkyl or cyclic N) is 1. The van der Waals surface area contributed by atoms with Crippen LogP contribution in [0.5, 0.6) is 5.75 Å². The average molecular weight is 464 g/mol. The highest BCUT2D eigenvalue weighted by Gasteiger charge is 2.31. The lowest BCUT2D eigenvalue weighted by Crippen LogP contribution is -2.54. The third-order valence-electron chi connectivity index (χ3n) is 6.41. The van der Waals surface area contributed by atoms with Gasteiger partial charge in [-0.05, 0) is 47.9 Å². The van der Waals surface area contributed by atoms with Crippen LogP contribution in [-0.4, -0.2) is 76.1 Å². The highest BCUT2D eigenvalue weighted by Crippen LogP contribution is 2.36. The number of amides is 2. The highest BCUT2D eigenvalue weighted by molar-refractivity contribution is 5.98. The van der Waals surface area contributed by atoms with Gasteiger partial charge in [-0.1, -0.05) is 6.08 Å². The van der Waals surface area contributed by atoms with Crippen LogP contribution >= 0.6 is 0 Å². The predicted molar refractivity (Wildman–Crippen MR) is 124 cm³/mol. The number of nitrogens with zero attached hydrogens (tertiary/aromatic N) is 3. The van der Waals surface area contributed by atoms with E-state index in [0.29, 0.717) is 49.6 Å². The molecule has 0 bridgehead atoms. The Morgan fingerprint density at radius 1 is 1.18 bits per heavy atom. The molecule has 176 valence electrons. The fourth-order valence-corrected chi connectivity index (χ4v) is 4.48. The van der Waals surface area contributed by atoms with Crippen LogP contribution in [-0.2, 0) is 9.59 Å². The molecule has 2 aliphatic rings. The number of ether oxygens (including phenoxy) is 1. The maximum absolute atomic E-state index is 14.0. The molecule has 0 spiro atoms. The Kier molecular flexibility index (Phi) is 5.79. The number of halogens is 1. The summed E-state index contributed by atoms with van der Waals surface area (Å²) < 4.78 is 19.4. The van der Waals surface area contributed by atoms with Gasteiger partial charge in [-0.2, -0.15) is 0 Å². The molecule has 8 nitrogen and oxygen atoms in total. The summed E-state index contributed by atoms with van der Waals surface area (Å²) in [6.45, 7) is 1.52. The number of nitrogens with one attached hydrogen (secondary N) is 1. The van der Waals surface area contributed by atoms with Crippen molar-refractivity contribution in [1.29, 1.82) is 0 Å². The summed E-state index contributed by atoms with van der Waals surface area (Å²) in [6.07, 6.45) is 3.63. The maximum atomic E-state index is 14.0. The number of pyridine rings is 1. The fourth-order valence-electron chi connectivity index (χ4n) is 4.48. The molecule has 4 heterocycles. The minimum atomic E-state index is -0.479. The van der Waals surface area contributed by atoms with Gasteiger partial charge in [-0.15, -0.1) is 0 Å². The smallest absolute Gasteiger partial charge is 0.232 e. The van der Waals surface area contributed by atoms with Crippen molar-refractivity contribution in [1.82, 2.24) is 19.8 Å². The van der Waals surface area contributed by atoms with Crippen molar-refractivity contribution in [3.63, 3.8) is 0 Å². The maximum Gasteiger partial charge on any atom is 0.232 e. The number of aliphatic hydroxyl groups excluding tert-OH is 1. The second-order valence-electron chi connectivity index (χ2n) is 8.60. The Hall–Kier alpha value is -3.72. The highest BCUT2D eigenvalue weighted by atomic mass is 19.1. The number of aliphatic hydroxyl groups is 1. The normalized spacial score (nSPS) is 16.4. The Morgan fingerprint density at radius 3 is 2.68 bits per heavy atom. The van der Waals surface area contributed by atoms with Gasteiger partial charge in [0.05, 0.1) is 13.2 Å². The zero-order valence-electron chi connectivity index (χ0n) is 18.8. The Morgan fingerprint density at radius 2 is 1.97 bits per heavy atom. The SMILES string of the molecule is COc1ccc(F)cc1-c1ccnc2[nH]c(C3=CCN(C(=O)CC(=O)N4CC(O)C4)CC3)cc12. The van der Waals surface area contributed by atoms with Crippen molar-refractivity contribution >= 4 is 28.4 Å². The van der Waals surface area contributed by atoms with Gasteiger partial charge in [0.15, 0.2) is 0 Å². The van der Waals surface area contributed by atoms with Crippen LogP contribution in [0.3, 0.4) is 0 Å². The molecule has 34 heavy (non-hydrogen) atoms. The Labute approximate surface area is 195 Å². The lowest BCUT2D eigenvalue weighted by molar-refractivity contribution is -0.147. The van der Waals surface area contributed by atoms with Crippen molar-refractivity contribution in [3.05, 3.63) is 54.1 Å². The van der Waals surface area contributed by atoms with Gasteiger partial charge in [0.2, 0.25) is 11.8 Å². The number of fused-ring (bicyclic) bond motifs is 1. The summed E-state index contributed by atoms with van der Waals surface area (Å²) >= 11 is 0. The molecule has 2 N–H and O–H groups in total. The van der Waals surface area contributed by atoms with Gasteiger partial charge in [-0.3, -0.25) is 9.59 Å². The fraction of sp³-hybridized carbons (Fsp3) is 0.320. The van der Waals surface area contributed by atoms with Crippen molar-refractivity contribution in [2.24, 2.45) is 0 Å². The lowest BCUT2D eigenvalue weighted by Gasteiger charge is -2.36. The van der Waals surface area contributed by atoms with Crippen LogP contribution in [0.4, 0.5) is 4.39 Å². The first-order valence-electron chi connectivity index (χ1n) is 11.2. The molecule has 0 aliphatic carbocycles. The van der Waals surface area contributed by atoms with Crippen LogP contribution in [0.25, 0.3) is 27.7 Å². The van der Waals surface area contributed by atoms with Crippen LogP contribution < -0.4 is 4.74 Å². The van der Waals surface area contributed by atoms with E-state index >= 15 is 0 Å². The summed E-state index contributed by atoms with van der Waals surface area (Å²) in [5.74, 6) is -0.224. The molecular formula is C25H25FN4O4. The van der Waals surface area contributed by atoms with Gasteiger partial charge >= 0.3 is 0 Å². The number of likely N-dealkylation sites (tertiary alicyclic amines) is 1. The van der Waals surface area contributed by atoms with Crippen molar-refractivity contribution < 1.29 is 23.8 Å². The molecule has 1 fully saturated rings. The first-order chi connectivity index (χ1) is 16.4. The third-order valence-corrected chi connectivity index (χ3v) is 6.41. The van der Waals surface area contributed by atoms with Crippen LogP contribution in [0.2, 0.25) is 0 Å². The van der Waals surface area contributed by atoms with Gasteiger partial charge in [0, 0.05) is 49.0 Å². The van der Waals surface area contributed by atoms with Crippen molar-refractivity contribution in [2.45, 2.75) is 18.9 Å². The molecule has 2 aromatic heterocycles. The van der Waals surface area contributed by atoms with Crippen molar-refractivity contribution in [2.75, 3.05) is 33.3 Å². The zero-order valence-corrected chi connectivity index (χ0v) is 18.8. The van der Waals surface area contributed by atoms with Crippen molar-refractivity contribution in [3.8, 4) is 16.9 Å². The second kappa shape index (κ2) is 8.90. The average Bonchev–Trinajstić information content (AvgIpc) is 3.26. The number of benzene rings is 1. The predicted octanol–water partition coefficient (Wildman–Crippen LogP) is 2.59. The van der Waals surface area contributed by atoms with E-state index in [1.165, 1.54) is 17.0 Å². The van der Waals surface area contributed by atoms with Crippen LogP contribution in [0, 0.1) is 5.82 Å². The molecule has 9 heteroatoms. The molecule has 1 saturated heterocycles. The van der Waals surface area contributed by atoms with Gasteiger partial charge in [-0.25, -0.2) is 9.37 Å². The standard InChI is InChI=1S/C25H25FN4O4/c1-34-22-3-2-16(26)10-19(22)18-4-7-27-25-20(18)11-21(28-25)15-5-8-29(9-6-15)23(32)12-24(33)30-13-17(31)14-30/h2-5,7,10-11,17,31H,6,8-9,12-14H2,1H3,(H,27,28). The van der Waals surface area contributed by atoms with E-state index in [0.717, 1.165) is 22.2 Å². The Balaban J connectivity index is 1.34. The quantitative estimate of drug-likeness (QED) is 0.566. The molecule has 0 saturated carbocycles. The molecular weight excluding hydrogens is 439 g/mol. The summed E-state index contributed by atoms with van der Waals surface area (Å²) in [5.41, 5.74) is 4.08. The number of carbonyl (C=O) groups is 2. The molecule has 2 aliphatic heterocycles. The van der Waals surface area contributed by atoms with E-state index < -0.39 is 6.10 Å². The summed E-state index contributed by atoms with van der Waals surface area (Å²) in [6, 6.07) is 8.25. The zero-order chi connectivity index (χ0) is 23.8. The molecule has 0 atom stereocenters. The number of rotatable bonds is 5. The first kappa shape index (κ1) is 22.1. The van der Waals surface area contributed by atoms with E-state index in [-0.39, 0.29) is 24.1 Å². The summed E-state index contributed by atoms with van der Waals surface area (Å²) in [4.78, 5) is 35.6. The van der Waals surface area contributed by atoms with E-state index in [1.807, 2.05) is 18.2 Å². The number of hydrogen-bond donors (Lipinski definition) is 2. The number of carbonyl (C=O) groups excluding carboxylic acids is 2. The van der Waals surface area contributed by atoms with E-state index in [4.69, 9.17) is 4.74 Å². The molecule has 2 amide bonds. The van der Waals surface area contributed by atoms with E-state index in [1.54, 1.807) is 24.3 Å². The molecule has 0 unspecified atom stereocenters. The lowest BCUT2D eigenvalue weighted by atomic mass is 10.0. The second-order valence-corrected chi connectivity index (χ2v) is 8.60. The molecule has 1 aromatic carbocycles. The minimum Gasteiger partial charge on any atom is -0.496 e. The third kappa shape index (κ3) is 4.14. The first-order valence-corrected chi connectivity index (χ1v) is 11.2. The number of hydrogen-bond acceptors (Lipinski definition) is 5. The number of aromatic nitrogens is 2. The van der Waals surface area contributed by atoms with Gasteiger partial charge in [0.25, 0.3) is 0 Å². The van der Waals surface area contributed by atoms with E-state index in [9.17, 15) is 19.1 Å². The largest absolute Gasteiger partial charge is 0.496 e. The summed E-state index contributed by atoms with van der Waals surface area (Å²) in [7, 11) is 1.55. The van der Waals surface area contributed by atoms with E-state index in [2.05, 4.69) is 9.97 Å². The number of aromatic amines is 1. The number of methoxy groups -OCH3 is 1. The Bertz CT molecular complexity index is 1300. The van der Waals surface area contributed by atoms with Crippen LogP contribution in [0.1, 0.15) is 18.5 Å². The molecule has 3 aromatic rings. The monoisotopic (exact) mass is 464 g/mol. The van der Waals surface area contributed by atoms with Gasteiger partial charge in [0.1, 0.15) is 23.6 Å². The van der Waals surface area contributed by atoms with Crippen LogP contribution in [0.15, 0.2) is 42.6 Å². The molecule has 5 rings (SSSR count). The minimum absolute atomic E-state index is 0.176. The topological polar surface area (TPSA) is 98.8 Å².